The van der Waals surface area contributed by atoms with Crippen LogP contribution in [-0.2, 0) is 4.74 Å². The zero-order valence-corrected chi connectivity index (χ0v) is 10.9. The molecule has 5 heteroatoms. The summed E-state index contributed by atoms with van der Waals surface area (Å²) in [6.07, 6.45) is 1.92. The van der Waals surface area contributed by atoms with Crippen molar-refractivity contribution in [2.75, 3.05) is 26.8 Å². The number of halogens is 1. The van der Waals surface area contributed by atoms with Gasteiger partial charge in [0.05, 0.1) is 12.2 Å². The quantitative estimate of drug-likeness (QED) is 0.911. The molecule has 0 bridgehead atoms. The Kier molecular flexibility index (Phi) is 4.37. The number of piperidine rings is 1. The van der Waals surface area contributed by atoms with Crippen LogP contribution < -0.4 is 0 Å². The number of phenols is 1. The highest BCUT2D eigenvalue weighted by molar-refractivity contribution is 5.96. The highest BCUT2D eigenvalue weighted by Crippen LogP contribution is 2.23. The topological polar surface area (TPSA) is 49.8 Å². The monoisotopic (exact) mass is 267 g/mol. The number of methoxy groups -OCH3 is 1. The van der Waals surface area contributed by atoms with Gasteiger partial charge < -0.3 is 14.7 Å². The average molecular weight is 267 g/mol. The zero-order valence-electron chi connectivity index (χ0n) is 10.9. The molecule has 1 amide bonds. The minimum absolute atomic E-state index is 0.0260. The van der Waals surface area contributed by atoms with E-state index in [4.69, 9.17) is 4.74 Å². The molecule has 1 aliphatic heterocycles. The fraction of sp³-hybridized carbons (Fsp3) is 0.500. The number of amides is 1. The molecule has 1 aliphatic rings. The third-order valence-electron chi connectivity index (χ3n) is 3.40. The fourth-order valence-corrected chi connectivity index (χ4v) is 2.47. The Morgan fingerprint density at radius 1 is 1.58 bits per heavy atom. The van der Waals surface area contributed by atoms with Crippen molar-refractivity contribution in [2.24, 2.45) is 5.92 Å². The number of rotatable bonds is 3. The number of carbonyl (C=O) groups is 1. The zero-order chi connectivity index (χ0) is 13.8. The van der Waals surface area contributed by atoms with Gasteiger partial charge in [-0.1, -0.05) is 0 Å². The lowest BCUT2D eigenvalue weighted by molar-refractivity contribution is 0.0568. The van der Waals surface area contributed by atoms with Gasteiger partial charge in [0.1, 0.15) is 11.6 Å². The SMILES string of the molecule is COCC1CCCN(C(=O)c2cc(F)ccc2O)C1. The second-order valence-electron chi connectivity index (χ2n) is 4.88. The van der Waals surface area contributed by atoms with Gasteiger partial charge in [-0.3, -0.25) is 4.79 Å². The summed E-state index contributed by atoms with van der Waals surface area (Å²) in [7, 11) is 1.64. The molecular weight excluding hydrogens is 249 g/mol. The molecule has 1 aromatic carbocycles. The fourth-order valence-electron chi connectivity index (χ4n) is 2.47. The molecule has 1 heterocycles. The lowest BCUT2D eigenvalue weighted by Gasteiger charge is -2.32. The van der Waals surface area contributed by atoms with Crippen LogP contribution in [0.2, 0.25) is 0 Å². The molecule has 1 atom stereocenters. The number of likely N-dealkylation sites (tertiary alicyclic amines) is 1. The average Bonchev–Trinajstić information content (AvgIpc) is 2.41. The number of hydrogen-bond donors (Lipinski definition) is 1. The van der Waals surface area contributed by atoms with E-state index in [1.165, 1.54) is 6.07 Å². The second kappa shape index (κ2) is 6.02. The van der Waals surface area contributed by atoms with Crippen molar-refractivity contribution in [3.05, 3.63) is 29.6 Å². The number of benzene rings is 1. The van der Waals surface area contributed by atoms with Crippen molar-refractivity contribution in [3.63, 3.8) is 0 Å². The molecular formula is C14H18FNO3. The first-order chi connectivity index (χ1) is 9.11. The third kappa shape index (κ3) is 3.23. The van der Waals surface area contributed by atoms with Crippen molar-refractivity contribution in [1.29, 1.82) is 0 Å². The van der Waals surface area contributed by atoms with Gasteiger partial charge >= 0.3 is 0 Å². The molecule has 1 aromatic rings. The smallest absolute Gasteiger partial charge is 0.257 e. The third-order valence-corrected chi connectivity index (χ3v) is 3.40. The minimum atomic E-state index is -0.522. The van der Waals surface area contributed by atoms with E-state index in [2.05, 4.69) is 0 Å². The summed E-state index contributed by atoms with van der Waals surface area (Å²) in [5.74, 6) is -0.719. The Hall–Kier alpha value is -1.62. The van der Waals surface area contributed by atoms with Crippen molar-refractivity contribution in [2.45, 2.75) is 12.8 Å². The molecule has 2 rings (SSSR count). The van der Waals surface area contributed by atoms with Crippen molar-refractivity contribution >= 4 is 5.91 Å². The first-order valence-corrected chi connectivity index (χ1v) is 6.38. The molecule has 1 N–H and O–H groups in total. The number of aromatic hydroxyl groups is 1. The summed E-state index contributed by atoms with van der Waals surface area (Å²) in [6, 6.07) is 3.42. The van der Waals surface area contributed by atoms with Crippen LogP contribution in [0, 0.1) is 11.7 Å². The molecule has 1 unspecified atom stereocenters. The van der Waals surface area contributed by atoms with E-state index in [1.807, 2.05) is 0 Å². The van der Waals surface area contributed by atoms with Gasteiger partial charge in [0.25, 0.3) is 5.91 Å². The van der Waals surface area contributed by atoms with E-state index in [-0.39, 0.29) is 17.2 Å². The van der Waals surface area contributed by atoms with Crippen molar-refractivity contribution < 1.29 is 19.0 Å². The lowest BCUT2D eigenvalue weighted by atomic mass is 9.98. The maximum absolute atomic E-state index is 13.2. The molecule has 0 radical (unpaired) electrons. The summed E-state index contributed by atoms with van der Waals surface area (Å²) in [4.78, 5) is 13.9. The highest BCUT2D eigenvalue weighted by Gasteiger charge is 2.26. The Morgan fingerprint density at radius 2 is 2.37 bits per heavy atom. The van der Waals surface area contributed by atoms with Crippen LogP contribution >= 0.6 is 0 Å². The molecule has 19 heavy (non-hydrogen) atoms. The lowest BCUT2D eigenvalue weighted by Crippen LogP contribution is -2.41. The Balaban J connectivity index is 2.12. The van der Waals surface area contributed by atoms with Crippen LogP contribution in [0.4, 0.5) is 4.39 Å². The molecule has 0 spiro atoms. The van der Waals surface area contributed by atoms with E-state index >= 15 is 0 Å². The number of ether oxygens (including phenoxy) is 1. The second-order valence-corrected chi connectivity index (χ2v) is 4.88. The van der Waals surface area contributed by atoms with E-state index in [9.17, 15) is 14.3 Å². The van der Waals surface area contributed by atoms with E-state index in [1.54, 1.807) is 12.0 Å². The summed E-state index contributed by atoms with van der Waals surface area (Å²) in [5, 5.41) is 9.67. The largest absolute Gasteiger partial charge is 0.507 e. The Bertz CT molecular complexity index is 462. The Labute approximate surface area is 111 Å². The van der Waals surface area contributed by atoms with Crippen LogP contribution in [0.15, 0.2) is 18.2 Å². The van der Waals surface area contributed by atoms with Crippen LogP contribution in [0.5, 0.6) is 5.75 Å². The standard InChI is InChI=1S/C14H18FNO3/c1-19-9-10-3-2-6-16(8-10)14(18)12-7-11(15)4-5-13(12)17/h4-5,7,10,17H,2-3,6,8-9H2,1H3. The summed E-state index contributed by atoms with van der Waals surface area (Å²) in [6.45, 7) is 1.83. The summed E-state index contributed by atoms with van der Waals surface area (Å²) >= 11 is 0. The van der Waals surface area contributed by atoms with Gasteiger partial charge in [0.15, 0.2) is 0 Å². The van der Waals surface area contributed by atoms with Crippen LogP contribution in [-0.4, -0.2) is 42.7 Å². The van der Waals surface area contributed by atoms with Gasteiger partial charge in [-0.25, -0.2) is 4.39 Å². The number of nitrogens with zero attached hydrogens (tertiary/aromatic N) is 1. The van der Waals surface area contributed by atoms with Gasteiger partial charge in [-0.15, -0.1) is 0 Å². The van der Waals surface area contributed by atoms with Gasteiger partial charge in [0, 0.05) is 20.2 Å². The first kappa shape index (κ1) is 13.8. The van der Waals surface area contributed by atoms with Crippen molar-refractivity contribution in [1.82, 2.24) is 4.90 Å². The number of carbonyl (C=O) groups excluding carboxylic acids is 1. The molecule has 104 valence electrons. The molecule has 0 saturated carbocycles. The molecule has 1 fully saturated rings. The number of hydrogen-bond acceptors (Lipinski definition) is 3. The van der Waals surface area contributed by atoms with E-state index in [0.29, 0.717) is 25.6 Å². The van der Waals surface area contributed by atoms with Gasteiger partial charge in [-0.05, 0) is 37.0 Å². The van der Waals surface area contributed by atoms with E-state index in [0.717, 1.165) is 25.0 Å². The van der Waals surface area contributed by atoms with Crippen LogP contribution in [0.25, 0.3) is 0 Å². The number of phenolic OH excluding ortho intramolecular Hbond substituents is 1. The maximum Gasteiger partial charge on any atom is 0.257 e. The highest BCUT2D eigenvalue weighted by atomic mass is 19.1. The van der Waals surface area contributed by atoms with E-state index < -0.39 is 5.82 Å². The first-order valence-electron chi connectivity index (χ1n) is 6.38. The van der Waals surface area contributed by atoms with Crippen LogP contribution in [0.1, 0.15) is 23.2 Å². The van der Waals surface area contributed by atoms with Gasteiger partial charge in [-0.2, -0.15) is 0 Å². The normalized spacial score (nSPS) is 19.5. The van der Waals surface area contributed by atoms with Gasteiger partial charge in [0.2, 0.25) is 0 Å². The predicted molar refractivity (Wildman–Crippen MR) is 68.6 cm³/mol. The summed E-state index contributed by atoms with van der Waals surface area (Å²) < 4.78 is 18.3. The molecule has 4 nitrogen and oxygen atoms in total. The van der Waals surface area contributed by atoms with Crippen molar-refractivity contribution in [3.8, 4) is 5.75 Å². The predicted octanol–water partition coefficient (Wildman–Crippen LogP) is 2.03. The molecule has 0 aliphatic carbocycles. The molecule has 0 aromatic heterocycles. The Morgan fingerprint density at radius 3 is 3.11 bits per heavy atom. The summed E-state index contributed by atoms with van der Waals surface area (Å²) in [5.41, 5.74) is 0.0260. The minimum Gasteiger partial charge on any atom is -0.507 e. The molecule has 1 saturated heterocycles. The maximum atomic E-state index is 13.2. The van der Waals surface area contributed by atoms with Crippen LogP contribution in [0.3, 0.4) is 0 Å².